The number of amides is 1. The first-order valence-corrected chi connectivity index (χ1v) is 7.83. The van der Waals surface area contributed by atoms with Crippen LogP contribution in [0.15, 0.2) is 42.7 Å². The third kappa shape index (κ3) is 4.47. The zero-order valence-corrected chi connectivity index (χ0v) is 14.8. The second kappa shape index (κ2) is 6.51. The van der Waals surface area contributed by atoms with Gasteiger partial charge in [0.1, 0.15) is 11.4 Å². The summed E-state index contributed by atoms with van der Waals surface area (Å²) < 4.78 is 5.30. The van der Waals surface area contributed by atoms with E-state index in [0.717, 1.165) is 11.1 Å². The summed E-state index contributed by atoms with van der Waals surface area (Å²) in [6.07, 6.45) is 2.88. The van der Waals surface area contributed by atoms with Crippen LogP contribution in [0.1, 0.15) is 40.2 Å². The van der Waals surface area contributed by atoms with E-state index >= 15 is 0 Å². The molecule has 0 saturated carbocycles. The Hall–Kier alpha value is -2.56. The van der Waals surface area contributed by atoms with Gasteiger partial charge in [-0.05, 0) is 52.3 Å². The van der Waals surface area contributed by atoms with Crippen LogP contribution in [0.2, 0.25) is 0 Å². The fraction of sp³-hybridized carbons (Fsp3) is 0.368. The van der Waals surface area contributed by atoms with Crippen LogP contribution < -0.4 is 5.32 Å². The van der Waals surface area contributed by atoms with Gasteiger partial charge in [-0.3, -0.25) is 4.98 Å². The molecule has 1 aromatic heterocycles. The molecule has 1 amide bonds. The molecule has 0 bridgehead atoms. The molecule has 0 aliphatic carbocycles. The second-order valence-electron chi connectivity index (χ2n) is 7.23. The fourth-order valence-electron chi connectivity index (χ4n) is 2.32. The molecule has 0 aliphatic heterocycles. The number of ether oxygens (including phenoxy) is 1. The van der Waals surface area contributed by atoms with Gasteiger partial charge < -0.3 is 15.2 Å². The van der Waals surface area contributed by atoms with Gasteiger partial charge in [0.05, 0.1) is 5.54 Å². The molecule has 128 valence electrons. The number of hydrogen-bond donors (Lipinski definition) is 2. The third-order valence-corrected chi connectivity index (χ3v) is 3.51. The highest BCUT2D eigenvalue weighted by Gasteiger charge is 2.27. The standard InChI is InChI=1S/C19H24N2O3/c1-18(2,3)24-17(23)21-19(4,5)14-8-9-15(16(22)11-14)13-7-6-10-20-12-13/h6-12,22H,1-5H3,(H,21,23). The zero-order chi connectivity index (χ0) is 18.0. The van der Waals surface area contributed by atoms with Crippen molar-refractivity contribution in [1.29, 1.82) is 0 Å². The molecule has 1 heterocycles. The number of pyridine rings is 1. The molecule has 0 fully saturated rings. The summed E-state index contributed by atoms with van der Waals surface area (Å²) in [7, 11) is 0. The van der Waals surface area contributed by atoms with Gasteiger partial charge in [0.25, 0.3) is 0 Å². The number of carbonyl (C=O) groups excluding carboxylic acids is 1. The molecule has 2 rings (SSSR count). The van der Waals surface area contributed by atoms with Crippen molar-refractivity contribution in [3.05, 3.63) is 48.3 Å². The summed E-state index contributed by atoms with van der Waals surface area (Å²) in [4.78, 5) is 16.1. The first-order valence-electron chi connectivity index (χ1n) is 7.83. The van der Waals surface area contributed by atoms with Gasteiger partial charge >= 0.3 is 6.09 Å². The van der Waals surface area contributed by atoms with Crippen LogP contribution in [-0.2, 0) is 10.3 Å². The van der Waals surface area contributed by atoms with Crippen LogP contribution in [0.5, 0.6) is 5.75 Å². The van der Waals surface area contributed by atoms with E-state index in [1.54, 1.807) is 18.5 Å². The van der Waals surface area contributed by atoms with Crippen LogP contribution >= 0.6 is 0 Å². The number of aromatic nitrogens is 1. The van der Waals surface area contributed by atoms with E-state index in [9.17, 15) is 9.90 Å². The van der Waals surface area contributed by atoms with Crippen molar-refractivity contribution in [2.75, 3.05) is 0 Å². The van der Waals surface area contributed by atoms with Gasteiger partial charge in [-0.2, -0.15) is 0 Å². The Balaban J connectivity index is 2.22. The lowest BCUT2D eigenvalue weighted by Crippen LogP contribution is -2.43. The molecule has 0 saturated heterocycles. The van der Waals surface area contributed by atoms with Crippen molar-refractivity contribution in [2.45, 2.75) is 45.8 Å². The lowest BCUT2D eigenvalue weighted by atomic mass is 9.92. The number of alkyl carbamates (subject to hydrolysis) is 1. The smallest absolute Gasteiger partial charge is 0.408 e. The fourth-order valence-corrected chi connectivity index (χ4v) is 2.32. The van der Waals surface area contributed by atoms with Gasteiger partial charge in [0.15, 0.2) is 0 Å². The lowest BCUT2D eigenvalue weighted by Gasteiger charge is -2.29. The molecule has 0 atom stereocenters. The highest BCUT2D eigenvalue weighted by Crippen LogP contribution is 2.32. The Labute approximate surface area is 142 Å². The van der Waals surface area contributed by atoms with E-state index in [4.69, 9.17) is 4.74 Å². The van der Waals surface area contributed by atoms with Crippen molar-refractivity contribution in [3.8, 4) is 16.9 Å². The van der Waals surface area contributed by atoms with Crippen molar-refractivity contribution in [1.82, 2.24) is 10.3 Å². The Kier molecular flexibility index (Phi) is 4.83. The minimum Gasteiger partial charge on any atom is -0.507 e. The molecular formula is C19H24N2O3. The Morgan fingerprint density at radius 2 is 1.88 bits per heavy atom. The lowest BCUT2D eigenvalue weighted by molar-refractivity contribution is 0.0470. The number of benzene rings is 1. The number of hydrogen-bond acceptors (Lipinski definition) is 4. The number of carbonyl (C=O) groups is 1. The van der Waals surface area contributed by atoms with Crippen molar-refractivity contribution in [2.24, 2.45) is 0 Å². The van der Waals surface area contributed by atoms with Gasteiger partial charge in [0.2, 0.25) is 0 Å². The molecule has 5 heteroatoms. The van der Waals surface area contributed by atoms with E-state index in [1.165, 1.54) is 0 Å². The van der Waals surface area contributed by atoms with E-state index in [1.807, 2.05) is 58.9 Å². The maximum absolute atomic E-state index is 12.0. The quantitative estimate of drug-likeness (QED) is 0.885. The van der Waals surface area contributed by atoms with Crippen LogP contribution in [0, 0.1) is 0 Å². The average Bonchev–Trinajstić information content (AvgIpc) is 2.45. The predicted molar refractivity (Wildman–Crippen MR) is 93.7 cm³/mol. The van der Waals surface area contributed by atoms with Gasteiger partial charge in [-0.15, -0.1) is 0 Å². The summed E-state index contributed by atoms with van der Waals surface area (Å²) in [5.74, 6) is 0.138. The number of nitrogens with one attached hydrogen (secondary N) is 1. The molecule has 0 unspecified atom stereocenters. The van der Waals surface area contributed by atoms with Gasteiger partial charge in [0, 0.05) is 23.5 Å². The topological polar surface area (TPSA) is 71.5 Å². The molecule has 0 spiro atoms. The number of phenolic OH excluding ortho intramolecular Hbond substituents is 1. The molecule has 0 aliphatic rings. The summed E-state index contributed by atoms with van der Waals surface area (Å²) in [6.45, 7) is 9.15. The minimum absolute atomic E-state index is 0.138. The Bertz CT molecular complexity index is 719. The van der Waals surface area contributed by atoms with Crippen LogP contribution in [0.25, 0.3) is 11.1 Å². The van der Waals surface area contributed by atoms with Gasteiger partial charge in [-0.1, -0.05) is 18.2 Å². The highest BCUT2D eigenvalue weighted by atomic mass is 16.6. The summed E-state index contributed by atoms with van der Waals surface area (Å²) in [5.41, 5.74) is 1.05. The van der Waals surface area contributed by atoms with E-state index < -0.39 is 17.2 Å². The van der Waals surface area contributed by atoms with Crippen LogP contribution in [0.3, 0.4) is 0 Å². The third-order valence-electron chi connectivity index (χ3n) is 3.51. The molecule has 2 aromatic rings. The normalized spacial score (nSPS) is 11.9. The number of aromatic hydroxyl groups is 1. The highest BCUT2D eigenvalue weighted by molar-refractivity contribution is 5.71. The monoisotopic (exact) mass is 328 g/mol. The van der Waals surface area contributed by atoms with E-state index in [0.29, 0.717) is 5.56 Å². The maximum atomic E-state index is 12.0. The molecule has 24 heavy (non-hydrogen) atoms. The molecule has 0 radical (unpaired) electrons. The van der Waals surface area contributed by atoms with Crippen LogP contribution in [0.4, 0.5) is 4.79 Å². The molecule has 5 nitrogen and oxygen atoms in total. The summed E-state index contributed by atoms with van der Waals surface area (Å²) >= 11 is 0. The number of phenols is 1. The SMILES string of the molecule is CC(C)(C)OC(=O)NC(C)(C)c1ccc(-c2cccnc2)c(O)c1. The first kappa shape index (κ1) is 17.8. The summed E-state index contributed by atoms with van der Waals surface area (Å²) in [6, 6.07) is 9.04. The maximum Gasteiger partial charge on any atom is 0.408 e. The zero-order valence-electron chi connectivity index (χ0n) is 14.8. The Morgan fingerprint density at radius 1 is 1.17 bits per heavy atom. The van der Waals surface area contributed by atoms with Crippen molar-refractivity contribution < 1.29 is 14.6 Å². The van der Waals surface area contributed by atoms with Gasteiger partial charge in [-0.25, -0.2) is 4.79 Å². The van der Waals surface area contributed by atoms with Crippen molar-refractivity contribution in [3.63, 3.8) is 0 Å². The predicted octanol–water partition coefficient (Wildman–Crippen LogP) is 4.21. The molecular weight excluding hydrogens is 304 g/mol. The number of nitrogens with zero attached hydrogens (tertiary/aromatic N) is 1. The molecule has 2 N–H and O–H groups in total. The van der Waals surface area contributed by atoms with E-state index in [-0.39, 0.29) is 5.75 Å². The Morgan fingerprint density at radius 3 is 2.42 bits per heavy atom. The average molecular weight is 328 g/mol. The molecule has 1 aromatic carbocycles. The minimum atomic E-state index is -0.687. The second-order valence-corrected chi connectivity index (χ2v) is 7.23. The van der Waals surface area contributed by atoms with Crippen molar-refractivity contribution >= 4 is 6.09 Å². The van der Waals surface area contributed by atoms with E-state index in [2.05, 4.69) is 10.3 Å². The number of rotatable bonds is 3. The summed E-state index contributed by atoms with van der Waals surface area (Å²) in [5, 5.41) is 13.2. The van der Waals surface area contributed by atoms with Crippen LogP contribution in [-0.4, -0.2) is 21.8 Å². The largest absolute Gasteiger partial charge is 0.507 e. The first-order chi connectivity index (χ1) is 11.1.